The van der Waals surface area contributed by atoms with Crippen molar-refractivity contribution in [1.29, 1.82) is 0 Å². The van der Waals surface area contributed by atoms with Gasteiger partial charge in [0.1, 0.15) is 0 Å². The number of esters is 1. The first-order valence-electron chi connectivity index (χ1n) is 6.82. The number of rotatable bonds is 7. The Morgan fingerprint density at radius 2 is 2.05 bits per heavy atom. The van der Waals surface area contributed by atoms with Crippen LogP contribution in [0, 0.1) is 6.92 Å². The molecule has 0 spiro atoms. The molecule has 112 valence electrons. The SMILES string of the molecule is COC(=O)c1cc(NCCCCN(C)C)cc(C)c1N. The zero-order chi connectivity index (χ0) is 15.1. The second-order valence-corrected chi connectivity index (χ2v) is 5.18. The van der Waals surface area contributed by atoms with Gasteiger partial charge in [-0.1, -0.05) is 0 Å². The van der Waals surface area contributed by atoms with Gasteiger partial charge in [0.05, 0.1) is 12.7 Å². The molecule has 0 fully saturated rings. The molecule has 1 aromatic carbocycles. The number of aryl methyl sites for hydroxylation is 1. The van der Waals surface area contributed by atoms with E-state index >= 15 is 0 Å². The van der Waals surface area contributed by atoms with Crippen LogP contribution in [0.25, 0.3) is 0 Å². The number of nitrogens with zero attached hydrogens (tertiary/aromatic N) is 1. The number of nitrogens with one attached hydrogen (secondary N) is 1. The molecule has 0 amide bonds. The molecule has 0 aliphatic heterocycles. The highest BCUT2D eigenvalue weighted by Gasteiger charge is 2.13. The smallest absolute Gasteiger partial charge is 0.340 e. The molecular formula is C15H25N3O2. The molecule has 0 atom stereocenters. The zero-order valence-corrected chi connectivity index (χ0v) is 12.8. The largest absolute Gasteiger partial charge is 0.465 e. The number of hydrogen-bond donors (Lipinski definition) is 2. The van der Waals surface area contributed by atoms with Gasteiger partial charge in [-0.15, -0.1) is 0 Å². The van der Waals surface area contributed by atoms with Crippen molar-refractivity contribution in [2.24, 2.45) is 0 Å². The number of methoxy groups -OCH3 is 1. The maximum atomic E-state index is 11.7. The van der Waals surface area contributed by atoms with Crippen molar-refractivity contribution in [3.8, 4) is 0 Å². The summed E-state index contributed by atoms with van der Waals surface area (Å²) in [6.07, 6.45) is 2.22. The van der Waals surface area contributed by atoms with Crippen molar-refractivity contribution in [3.63, 3.8) is 0 Å². The molecular weight excluding hydrogens is 254 g/mol. The first-order chi connectivity index (χ1) is 9.45. The van der Waals surface area contributed by atoms with E-state index in [1.165, 1.54) is 7.11 Å². The van der Waals surface area contributed by atoms with E-state index in [9.17, 15) is 4.79 Å². The Morgan fingerprint density at radius 3 is 2.65 bits per heavy atom. The number of ether oxygens (including phenoxy) is 1. The Hall–Kier alpha value is -1.75. The van der Waals surface area contributed by atoms with Crippen molar-refractivity contribution < 1.29 is 9.53 Å². The van der Waals surface area contributed by atoms with Gasteiger partial charge in [0.25, 0.3) is 0 Å². The highest BCUT2D eigenvalue weighted by Crippen LogP contribution is 2.23. The highest BCUT2D eigenvalue weighted by molar-refractivity contribution is 5.97. The van der Waals surface area contributed by atoms with E-state index < -0.39 is 5.97 Å². The van der Waals surface area contributed by atoms with Crippen LogP contribution < -0.4 is 11.1 Å². The lowest BCUT2D eigenvalue weighted by molar-refractivity contribution is 0.0602. The molecule has 0 aromatic heterocycles. The topological polar surface area (TPSA) is 67.6 Å². The summed E-state index contributed by atoms with van der Waals surface area (Å²) in [6, 6.07) is 3.70. The average molecular weight is 279 g/mol. The third-order valence-corrected chi connectivity index (χ3v) is 3.15. The summed E-state index contributed by atoms with van der Waals surface area (Å²) in [6.45, 7) is 3.84. The predicted octanol–water partition coefficient (Wildman–Crippen LogP) is 2.12. The van der Waals surface area contributed by atoms with Crippen LogP contribution in [-0.4, -0.2) is 45.2 Å². The minimum atomic E-state index is -0.401. The molecule has 0 unspecified atom stereocenters. The van der Waals surface area contributed by atoms with E-state index in [2.05, 4.69) is 24.3 Å². The van der Waals surface area contributed by atoms with Crippen LogP contribution in [0.2, 0.25) is 0 Å². The second kappa shape index (κ2) is 7.75. The highest BCUT2D eigenvalue weighted by atomic mass is 16.5. The third kappa shape index (κ3) is 4.74. The van der Waals surface area contributed by atoms with Gasteiger partial charge in [-0.05, 0) is 58.1 Å². The van der Waals surface area contributed by atoms with E-state index in [0.717, 1.165) is 37.2 Å². The van der Waals surface area contributed by atoms with Crippen LogP contribution in [-0.2, 0) is 4.74 Å². The summed E-state index contributed by atoms with van der Waals surface area (Å²) in [4.78, 5) is 13.8. The molecule has 0 heterocycles. The monoisotopic (exact) mass is 279 g/mol. The second-order valence-electron chi connectivity index (χ2n) is 5.18. The number of benzene rings is 1. The van der Waals surface area contributed by atoms with Gasteiger partial charge in [0.2, 0.25) is 0 Å². The van der Waals surface area contributed by atoms with Crippen LogP contribution in [0.5, 0.6) is 0 Å². The number of nitrogens with two attached hydrogens (primary N) is 1. The molecule has 1 rings (SSSR count). The Morgan fingerprint density at radius 1 is 1.35 bits per heavy atom. The molecule has 1 aromatic rings. The van der Waals surface area contributed by atoms with Crippen LogP contribution >= 0.6 is 0 Å². The minimum absolute atomic E-state index is 0.401. The Kier molecular flexibility index (Phi) is 6.31. The molecule has 3 N–H and O–H groups in total. The molecule has 0 radical (unpaired) electrons. The van der Waals surface area contributed by atoms with Crippen molar-refractivity contribution in [3.05, 3.63) is 23.3 Å². The quantitative estimate of drug-likeness (QED) is 0.454. The summed E-state index contributed by atoms with van der Waals surface area (Å²) in [5, 5.41) is 3.32. The fourth-order valence-corrected chi connectivity index (χ4v) is 1.97. The van der Waals surface area contributed by atoms with Crippen LogP contribution in [0.4, 0.5) is 11.4 Å². The standard InChI is InChI=1S/C15H25N3O2/c1-11-9-12(17-7-5-6-8-18(2)3)10-13(14(11)16)15(19)20-4/h9-10,17H,5-8,16H2,1-4H3. The molecule has 0 saturated carbocycles. The summed E-state index contributed by atoms with van der Waals surface area (Å²) in [5.41, 5.74) is 8.59. The average Bonchev–Trinajstić information content (AvgIpc) is 2.40. The lowest BCUT2D eigenvalue weighted by atomic mass is 10.1. The van der Waals surface area contributed by atoms with E-state index in [-0.39, 0.29) is 0 Å². The van der Waals surface area contributed by atoms with Gasteiger partial charge in [-0.25, -0.2) is 4.79 Å². The molecule has 20 heavy (non-hydrogen) atoms. The van der Waals surface area contributed by atoms with Gasteiger partial charge >= 0.3 is 5.97 Å². The Labute approximate surface area is 121 Å². The predicted molar refractivity (Wildman–Crippen MR) is 83.2 cm³/mol. The van der Waals surface area contributed by atoms with Crippen molar-refractivity contribution >= 4 is 17.3 Å². The van der Waals surface area contributed by atoms with Gasteiger partial charge < -0.3 is 20.7 Å². The summed E-state index contributed by atoms with van der Waals surface area (Å²) < 4.78 is 4.74. The fourth-order valence-electron chi connectivity index (χ4n) is 1.97. The Bertz CT molecular complexity index is 459. The number of unbranched alkanes of at least 4 members (excludes halogenated alkanes) is 1. The maximum Gasteiger partial charge on any atom is 0.340 e. The van der Waals surface area contributed by atoms with Crippen molar-refractivity contribution in [2.45, 2.75) is 19.8 Å². The summed E-state index contributed by atoms with van der Waals surface area (Å²) >= 11 is 0. The third-order valence-electron chi connectivity index (χ3n) is 3.15. The normalized spacial score (nSPS) is 10.7. The molecule has 5 heteroatoms. The first-order valence-corrected chi connectivity index (χ1v) is 6.82. The zero-order valence-electron chi connectivity index (χ0n) is 12.8. The molecule has 0 bridgehead atoms. The van der Waals surface area contributed by atoms with E-state index in [1.807, 2.05) is 13.0 Å². The fraction of sp³-hybridized carbons (Fsp3) is 0.533. The molecule has 0 saturated heterocycles. The lowest BCUT2D eigenvalue weighted by Crippen LogP contribution is -2.14. The number of carbonyl (C=O) groups is 1. The number of nitrogen functional groups attached to an aromatic ring is 1. The van der Waals surface area contributed by atoms with Crippen LogP contribution in [0.3, 0.4) is 0 Å². The van der Waals surface area contributed by atoms with Gasteiger partial charge in [0, 0.05) is 17.9 Å². The maximum absolute atomic E-state index is 11.7. The summed E-state index contributed by atoms with van der Waals surface area (Å²) in [5.74, 6) is -0.401. The first kappa shape index (κ1) is 16.3. The summed E-state index contributed by atoms with van der Waals surface area (Å²) in [7, 11) is 5.50. The molecule has 0 aliphatic rings. The van der Waals surface area contributed by atoms with E-state index in [0.29, 0.717) is 11.3 Å². The number of hydrogen-bond acceptors (Lipinski definition) is 5. The Balaban J connectivity index is 2.62. The molecule has 5 nitrogen and oxygen atoms in total. The lowest BCUT2D eigenvalue weighted by Gasteiger charge is -2.13. The molecule has 0 aliphatic carbocycles. The van der Waals surface area contributed by atoms with Crippen LogP contribution in [0.15, 0.2) is 12.1 Å². The van der Waals surface area contributed by atoms with Crippen LogP contribution in [0.1, 0.15) is 28.8 Å². The van der Waals surface area contributed by atoms with Gasteiger partial charge in [0.15, 0.2) is 0 Å². The number of anilines is 2. The minimum Gasteiger partial charge on any atom is -0.465 e. The van der Waals surface area contributed by atoms with Gasteiger partial charge in [-0.3, -0.25) is 0 Å². The van der Waals surface area contributed by atoms with Crippen molar-refractivity contribution in [2.75, 3.05) is 45.3 Å². The number of carbonyl (C=O) groups excluding carboxylic acids is 1. The van der Waals surface area contributed by atoms with Gasteiger partial charge in [-0.2, -0.15) is 0 Å². The van der Waals surface area contributed by atoms with E-state index in [4.69, 9.17) is 10.5 Å². The van der Waals surface area contributed by atoms with E-state index in [1.54, 1.807) is 6.07 Å². The van der Waals surface area contributed by atoms with Crippen molar-refractivity contribution in [1.82, 2.24) is 4.90 Å².